The van der Waals surface area contributed by atoms with E-state index in [0.29, 0.717) is 5.69 Å². The molecule has 120 valence electrons. The first kappa shape index (κ1) is 16.9. The van der Waals surface area contributed by atoms with Crippen LogP contribution in [0, 0.1) is 5.82 Å². The summed E-state index contributed by atoms with van der Waals surface area (Å²) in [6.45, 7) is 1.70. The molecule has 1 unspecified atom stereocenters. The number of benzene rings is 1. The van der Waals surface area contributed by atoms with Crippen molar-refractivity contribution >= 4 is 29.2 Å². The minimum Gasteiger partial charge on any atom is -0.449 e. The first-order valence-corrected chi connectivity index (χ1v) is 7.27. The predicted octanol–water partition coefficient (Wildman–Crippen LogP) is 3.45. The van der Waals surface area contributed by atoms with Gasteiger partial charge in [0.25, 0.3) is 5.91 Å². The summed E-state index contributed by atoms with van der Waals surface area (Å²) in [4.78, 5) is 28.0. The minimum atomic E-state index is -0.996. The van der Waals surface area contributed by atoms with E-state index >= 15 is 0 Å². The summed E-state index contributed by atoms with van der Waals surface area (Å²) < 4.78 is 18.0. The molecule has 0 radical (unpaired) electrons. The molecule has 0 fully saturated rings. The average Bonchev–Trinajstić information content (AvgIpc) is 2.54. The van der Waals surface area contributed by atoms with Crippen LogP contribution in [0.2, 0.25) is 5.15 Å². The molecule has 0 spiro atoms. The first-order chi connectivity index (χ1) is 11.0. The maximum absolute atomic E-state index is 12.8. The lowest BCUT2D eigenvalue weighted by Crippen LogP contribution is -2.32. The Balaban J connectivity index is 2.04. The zero-order chi connectivity index (χ0) is 16.8. The largest absolute Gasteiger partial charge is 0.449 e. The molecule has 23 heavy (non-hydrogen) atoms. The van der Waals surface area contributed by atoms with Gasteiger partial charge in [-0.25, -0.2) is 14.2 Å². The number of halogens is 2. The molecule has 1 N–H and O–H groups in total. The highest BCUT2D eigenvalue weighted by Gasteiger charge is 2.23. The Bertz CT molecular complexity index is 707. The number of ether oxygens (including phenoxy) is 1. The number of carbonyl (C=O) groups excluding carboxylic acids is 2. The molecule has 2 aromatic rings. The third kappa shape index (κ3) is 4.50. The molecule has 1 atom stereocenters. The lowest BCUT2D eigenvalue weighted by molar-refractivity contribution is -0.124. The fraction of sp³-hybridized carbons (Fsp3) is 0.188. The molecule has 0 aliphatic carbocycles. The molecule has 0 aliphatic heterocycles. The molecule has 1 heterocycles. The third-order valence-corrected chi connectivity index (χ3v) is 3.30. The fourth-order valence-electron chi connectivity index (χ4n) is 1.81. The number of rotatable bonds is 5. The summed E-state index contributed by atoms with van der Waals surface area (Å²) >= 11 is 5.82. The van der Waals surface area contributed by atoms with Crippen molar-refractivity contribution in [3.05, 3.63) is 59.1 Å². The molecule has 1 amide bonds. The minimum absolute atomic E-state index is 0.00583. The van der Waals surface area contributed by atoms with Gasteiger partial charge in [-0.2, -0.15) is 0 Å². The van der Waals surface area contributed by atoms with E-state index in [1.54, 1.807) is 13.0 Å². The Kier molecular flexibility index (Phi) is 5.65. The Hall–Kier alpha value is -2.47. The number of amides is 1. The van der Waals surface area contributed by atoms with Gasteiger partial charge >= 0.3 is 5.97 Å². The van der Waals surface area contributed by atoms with Crippen LogP contribution in [0.15, 0.2) is 42.6 Å². The van der Waals surface area contributed by atoms with E-state index in [1.165, 1.54) is 36.5 Å². The lowest BCUT2D eigenvalue weighted by atomic mass is 10.2. The highest BCUT2D eigenvalue weighted by molar-refractivity contribution is 6.32. The number of pyridine rings is 1. The van der Waals surface area contributed by atoms with Crippen molar-refractivity contribution in [1.82, 2.24) is 4.98 Å². The molecule has 0 bridgehead atoms. The van der Waals surface area contributed by atoms with Gasteiger partial charge in [-0.15, -0.1) is 0 Å². The quantitative estimate of drug-likeness (QED) is 0.670. The van der Waals surface area contributed by atoms with Crippen molar-refractivity contribution in [2.45, 2.75) is 19.4 Å². The summed E-state index contributed by atoms with van der Waals surface area (Å²) in [5, 5.41) is 2.57. The van der Waals surface area contributed by atoms with Gasteiger partial charge < -0.3 is 10.1 Å². The predicted molar refractivity (Wildman–Crippen MR) is 83.8 cm³/mol. The van der Waals surface area contributed by atoms with E-state index in [2.05, 4.69) is 10.3 Å². The molecule has 2 rings (SSSR count). The second kappa shape index (κ2) is 7.69. The van der Waals surface area contributed by atoms with Crippen LogP contribution in [0.25, 0.3) is 0 Å². The van der Waals surface area contributed by atoms with Crippen LogP contribution in [-0.4, -0.2) is 23.0 Å². The van der Waals surface area contributed by atoms with Crippen LogP contribution in [0.1, 0.15) is 23.7 Å². The topological polar surface area (TPSA) is 68.3 Å². The summed E-state index contributed by atoms with van der Waals surface area (Å²) in [6, 6.07) is 8.28. The van der Waals surface area contributed by atoms with Crippen molar-refractivity contribution in [3.63, 3.8) is 0 Å². The number of nitrogens with one attached hydrogen (secondary N) is 1. The molecule has 1 aromatic carbocycles. The van der Waals surface area contributed by atoms with E-state index in [4.69, 9.17) is 16.3 Å². The number of nitrogens with zero attached hydrogens (tertiary/aromatic N) is 1. The Labute approximate surface area is 137 Å². The maximum atomic E-state index is 12.8. The van der Waals surface area contributed by atoms with Gasteiger partial charge in [0.05, 0.1) is 5.56 Å². The van der Waals surface area contributed by atoms with Crippen molar-refractivity contribution in [3.8, 4) is 0 Å². The van der Waals surface area contributed by atoms with Gasteiger partial charge in [0.15, 0.2) is 6.10 Å². The summed E-state index contributed by atoms with van der Waals surface area (Å²) in [6.07, 6.45) is 0.720. The zero-order valence-electron chi connectivity index (χ0n) is 12.3. The summed E-state index contributed by atoms with van der Waals surface area (Å²) in [5.41, 5.74) is 0.493. The second-order valence-corrected chi connectivity index (χ2v) is 5.00. The van der Waals surface area contributed by atoms with Crippen molar-refractivity contribution in [2.75, 3.05) is 5.32 Å². The highest BCUT2D eigenvalue weighted by atomic mass is 35.5. The molecule has 7 heteroatoms. The monoisotopic (exact) mass is 336 g/mol. The molecular weight excluding hydrogens is 323 g/mol. The highest BCUT2D eigenvalue weighted by Crippen LogP contribution is 2.16. The molecule has 1 aromatic heterocycles. The maximum Gasteiger partial charge on any atom is 0.342 e. The number of carbonyl (C=O) groups is 2. The van der Waals surface area contributed by atoms with Crippen LogP contribution < -0.4 is 5.32 Å². The van der Waals surface area contributed by atoms with E-state index in [0.717, 1.165) is 0 Å². The van der Waals surface area contributed by atoms with Crippen LogP contribution in [0.3, 0.4) is 0 Å². The van der Waals surface area contributed by atoms with E-state index in [9.17, 15) is 14.0 Å². The van der Waals surface area contributed by atoms with Crippen LogP contribution in [-0.2, 0) is 9.53 Å². The van der Waals surface area contributed by atoms with Crippen LogP contribution >= 0.6 is 11.6 Å². The number of hydrogen-bond acceptors (Lipinski definition) is 4. The molecule has 0 saturated carbocycles. The summed E-state index contributed by atoms with van der Waals surface area (Å²) in [5.74, 6) is -1.65. The van der Waals surface area contributed by atoms with Gasteiger partial charge in [-0.1, -0.05) is 18.5 Å². The third-order valence-electron chi connectivity index (χ3n) is 3.00. The van der Waals surface area contributed by atoms with Crippen LogP contribution in [0.4, 0.5) is 10.1 Å². The number of aromatic nitrogens is 1. The summed E-state index contributed by atoms with van der Waals surface area (Å²) in [7, 11) is 0. The van der Waals surface area contributed by atoms with Crippen LogP contribution in [0.5, 0.6) is 0 Å². The SMILES string of the molecule is CCC(OC(=O)c1cccnc1Cl)C(=O)Nc1ccc(F)cc1. The molecule has 0 aliphatic rings. The average molecular weight is 337 g/mol. The van der Waals surface area contributed by atoms with E-state index in [-0.39, 0.29) is 17.1 Å². The van der Waals surface area contributed by atoms with E-state index in [1.807, 2.05) is 0 Å². The fourth-order valence-corrected chi connectivity index (χ4v) is 2.01. The van der Waals surface area contributed by atoms with Gasteiger partial charge in [-0.3, -0.25) is 4.79 Å². The molecule has 0 saturated heterocycles. The zero-order valence-corrected chi connectivity index (χ0v) is 13.0. The molecular formula is C16H14ClFN2O3. The van der Waals surface area contributed by atoms with E-state index < -0.39 is 23.8 Å². The van der Waals surface area contributed by atoms with Gasteiger partial charge in [0, 0.05) is 11.9 Å². The lowest BCUT2D eigenvalue weighted by Gasteiger charge is -2.16. The van der Waals surface area contributed by atoms with Gasteiger partial charge in [0.2, 0.25) is 0 Å². The number of hydrogen-bond donors (Lipinski definition) is 1. The van der Waals surface area contributed by atoms with Gasteiger partial charge in [-0.05, 0) is 42.8 Å². The first-order valence-electron chi connectivity index (χ1n) is 6.89. The normalized spacial score (nSPS) is 11.6. The van der Waals surface area contributed by atoms with Crippen molar-refractivity contribution in [2.24, 2.45) is 0 Å². The second-order valence-electron chi connectivity index (χ2n) is 4.64. The van der Waals surface area contributed by atoms with Crippen molar-refractivity contribution < 1.29 is 18.7 Å². The Morgan fingerprint density at radius 3 is 2.61 bits per heavy atom. The Morgan fingerprint density at radius 2 is 2.00 bits per heavy atom. The number of anilines is 1. The van der Waals surface area contributed by atoms with Gasteiger partial charge in [0.1, 0.15) is 11.0 Å². The standard InChI is InChI=1S/C16H14ClFN2O3/c1-2-13(15(21)20-11-7-5-10(18)6-8-11)23-16(22)12-4-3-9-19-14(12)17/h3-9,13H,2H2,1H3,(H,20,21). The smallest absolute Gasteiger partial charge is 0.342 e. The number of esters is 1. The van der Waals surface area contributed by atoms with Crippen molar-refractivity contribution in [1.29, 1.82) is 0 Å². The Morgan fingerprint density at radius 1 is 1.30 bits per heavy atom. The molecule has 5 nitrogen and oxygen atoms in total.